The monoisotopic (exact) mass is 235 g/mol. The molecule has 0 amide bonds. The molecule has 0 aromatic rings. The molecule has 3 nitrogen and oxygen atoms in total. The minimum Gasteiger partial charge on any atom is -0.301 e. The number of hydrogen-bond acceptors (Lipinski definition) is 3. The minimum atomic E-state index is 0.294. The van der Waals surface area contributed by atoms with Gasteiger partial charge in [0.15, 0.2) is 0 Å². The van der Waals surface area contributed by atoms with Gasteiger partial charge in [-0.15, -0.1) is 0 Å². The van der Waals surface area contributed by atoms with Gasteiger partial charge in [0, 0.05) is 18.6 Å². The molecular weight excluding hydrogens is 210 g/mol. The van der Waals surface area contributed by atoms with Crippen molar-refractivity contribution < 1.29 is 0 Å². The molecule has 0 radical (unpaired) electrons. The van der Waals surface area contributed by atoms with Crippen molar-refractivity contribution in [3.8, 4) is 6.07 Å². The Morgan fingerprint density at radius 3 is 2.47 bits per heavy atom. The highest BCUT2D eigenvalue weighted by Gasteiger charge is 2.31. The van der Waals surface area contributed by atoms with E-state index in [4.69, 9.17) is 5.26 Å². The SMILES string of the molecule is CCC(C)N1CCC(N2CCC(C#N)C2)CC1. The summed E-state index contributed by atoms with van der Waals surface area (Å²) >= 11 is 0. The summed E-state index contributed by atoms with van der Waals surface area (Å²) in [5.74, 6) is 0.294. The fraction of sp³-hybridized carbons (Fsp3) is 0.929. The van der Waals surface area contributed by atoms with Gasteiger partial charge in [0.1, 0.15) is 0 Å². The summed E-state index contributed by atoms with van der Waals surface area (Å²) in [6, 6.07) is 3.90. The third-order valence-corrected chi connectivity index (χ3v) is 4.63. The van der Waals surface area contributed by atoms with Crippen LogP contribution in [0.4, 0.5) is 0 Å². The van der Waals surface area contributed by atoms with Crippen LogP contribution >= 0.6 is 0 Å². The first-order valence-electron chi connectivity index (χ1n) is 7.12. The molecule has 2 heterocycles. The highest BCUT2D eigenvalue weighted by molar-refractivity contribution is 4.94. The maximum absolute atomic E-state index is 8.94. The van der Waals surface area contributed by atoms with E-state index < -0.39 is 0 Å². The second kappa shape index (κ2) is 5.84. The summed E-state index contributed by atoms with van der Waals surface area (Å²) in [6.07, 6.45) is 4.93. The van der Waals surface area contributed by atoms with Gasteiger partial charge in [0.05, 0.1) is 12.0 Å². The van der Waals surface area contributed by atoms with Crippen molar-refractivity contribution in [2.24, 2.45) is 5.92 Å². The summed E-state index contributed by atoms with van der Waals surface area (Å²) in [7, 11) is 0. The number of nitrogens with zero attached hydrogens (tertiary/aromatic N) is 3. The molecule has 3 heteroatoms. The highest BCUT2D eigenvalue weighted by Crippen LogP contribution is 2.24. The van der Waals surface area contributed by atoms with E-state index >= 15 is 0 Å². The van der Waals surface area contributed by atoms with Crippen molar-refractivity contribution in [3.63, 3.8) is 0 Å². The third kappa shape index (κ3) is 3.00. The standard InChI is InChI=1S/C14H25N3/c1-3-12(2)16-8-5-14(6-9-16)17-7-4-13(10-15)11-17/h12-14H,3-9,11H2,1-2H3. The molecule has 2 aliphatic heterocycles. The smallest absolute Gasteiger partial charge is 0.0669 e. The molecule has 0 saturated carbocycles. The first-order chi connectivity index (χ1) is 8.24. The Morgan fingerprint density at radius 1 is 1.24 bits per heavy atom. The van der Waals surface area contributed by atoms with E-state index in [1.165, 1.54) is 32.4 Å². The summed E-state index contributed by atoms with van der Waals surface area (Å²) in [5, 5.41) is 8.94. The molecular formula is C14H25N3. The molecule has 2 aliphatic rings. The van der Waals surface area contributed by atoms with Crippen molar-refractivity contribution >= 4 is 0 Å². The van der Waals surface area contributed by atoms with Crippen molar-refractivity contribution in [1.82, 2.24) is 9.80 Å². The van der Waals surface area contributed by atoms with E-state index in [0.29, 0.717) is 5.92 Å². The second-order valence-corrected chi connectivity index (χ2v) is 5.63. The second-order valence-electron chi connectivity index (χ2n) is 5.63. The van der Waals surface area contributed by atoms with Gasteiger partial charge < -0.3 is 4.90 Å². The van der Waals surface area contributed by atoms with Crippen molar-refractivity contribution in [3.05, 3.63) is 0 Å². The molecule has 0 spiro atoms. The summed E-state index contributed by atoms with van der Waals surface area (Å²) in [6.45, 7) is 9.26. The van der Waals surface area contributed by atoms with Crippen LogP contribution in [-0.4, -0.2) is 48.1 Å². The van der Waals surface area contributed by atoms with Gasteiger partial charge >= 0.3 is 0 Å². The molecule has 0 aromatic heterocycles. The van der Waals surface area contributed by atoms with Gasteiger partial charge in [0.2, 0.25) is 0 Å². The molecule has 0 N–H and O–H groups in total. The van der Waals surface area contributed by atoms with E-state index in [1.807, 2.05) is 0 Å². The number of piperidine rings is 1. The highest BCUT2D eigenvalue weighted by atomic mass is 15.2. The van der Waals surface area contributed by atoms with Crippen LogP contribution in [0.3, 0.4) is 0 Å². The molecule has 0 aromatic carbocycles. The lowest BCUT2D eigenvalue weighted by Crippen LogP contribution is -2.46. The van der Waals surface area contributed by atoms with Gasteiger partial charge in [-0.05, 0) is 52.2 Å². The van der Waals surface area contributed by atoms with Crippen LogP contribution in [0.25, 0.3) is 0 Å². The van der Waals surface area contributed by atoms with E-state index in [0.717, 1.165) is 31.6 Å². The van der Waals surface area contributed by atoms with Crippen LogP contribution in [-0.2, 0) is 0 Å². The van der Waals surface area contributed by atoms with Crippen LogP contribution < -0.4 is 0 Å². The van der Waals surface area contributed by atoms with Crippen LogP contribution in [0.15, 0.2) is 0 Å². The van der Waals surface area contributed by atoms with Crippen LogP contribution in [0.5, 0.6) is 0 Å². The first-order valence-corrected chi connectivity index (χ1v) is 7.12. The minimum absolute atomic E-state index is 0.294. The zero-order valence-electron chi connectivity index (χ0n) is 11.2. The molecule has 2 fully saturated rings. The Hall–Kier alpha value is -0.590. The maximum Gasteiger partial charge on any atom is 0.0669 e. The predicted molar refractivity (Wildman–Crippen MR) is 69.6 cm³/mol. The summed E-state index contributed by atoms with van der Waals surface area (Å²) in [5.41, 5.74) is 0. The van der Waals surface area contributed by atoms with E-state index in [2.05, 4.69) is 29.7 Å². The number of rotatable bonds is 3. The van der Waals surface area contributed by atoms with Crippen LogP contribution in [0.1, 0.15) is 39.5 Å². The van der Waals surface area contributed by atoms with Gasteiger partial charge in [0.25, 0.3) is 0 Å². The predicted octanol–water partition coefficient (Wildman–Crippen LogP) is 2.09. The van der Waals surface area contributed by atoms with Gasteiger partial charge in [-0.1, -0.05) is 6.92 Å². The average Bonchev–Trinajstić information content (AvgIpc) is 2.87. The molecule has 2 unspecified atom stereocenters. The third-order valence-electron chi connectivity index (χ3n) is 4.63. The van der Waals surface area contributed by atoms with Crippen molar-refractivity contribution in [2.45, 2.75) is 51.6 Å². The number of likely N-dealkylation sites (tertiary alicyclic amines) is 2. The van der Waals surface area contributed by atoms with Gasteiger partial charge in [-0.25, -0.2) is 0 Å². The van der Waals surface area contributed by atoms with Gasteiger partial charge in [-0.2, -0.15) is 5.26 Å². The van der Waals surface area contributed by atoms with E-state index in [1.54, 1.807) is 0 Å². The Balaban J connectivity index is 1.78. The summed E-state index contributed by atoms with van der Waals surface area (Å²) < 4.78 is 0. The molecule has 0 aliphatic carbocycles. The Labute approximate surface area is 105 Å². The Morgan fingerprint density at radius 2 is 1.94 bits per heavy atom. The van der Waals surface area contributed by atoms with E-state index in [-0.39, 0.29) is 0 Å². The zero-order valence-corrected chi connectivity index (χ0v) is 11.2. The van der Waals surface area contributed by atoms with Crippen LogP contribution in [0.2, 0.25) is 0 Å². The molecule has 2 rings (SSSR count). The lowest BCUT2D eigenvalue weighted by molar-refractivity contribution is 0.0991. The lowest BCUT2D eigenvalue weighted by Gasteiger charge is -2.39. The molecule has 2 atom stereocenters. The largest absolute Gasteiger partial charge is 0.301 e. The first kappa shape index (κ1) is 12.9. The zero-order chi connectivity index (χ0) is 12.3. The summed E-state index contributed by atoms with van der Waals surface area (Å²) in [4.78, 5) is 5.18. The normalized spacial score (nSPS) is 30.3. The van der Waals surface area contributed by atoms with Crippen molar-refractivity contribution in [2.75, 3.05) is 26.2 Å². The number of hydrogen-bond donors (Lipinski definition) is 0. The quantitative estimate of drug-likeness (QED) is 0.750. The Bertz CT molecular complexity index is 276. The fourth-order valence-corrected chi connectivity index (χ4v) is 3.17. The van der Waals surface area contributed by atoms with Gasteiger partial charge in [-0.3, -0.25) is 4.90 Å². The average molecular weight is 235 g/mol. The number of nitriles is 1. The Kier molecular flexibility index (Phi) is 4.42. The molecule has 2 saturated heterocycles. The van der Waals surface area contributed by atoms with Crippen molar-refractivity contribution in [1.29, 1.82) is 5.26 Å². The van der Waals surface area contributed by atoms with E-state index in [9.17, 15) is 0 Å². The van der Waals surface area contributed by atoms with Crippen LogP contribution in [0, 0.1) is 17.2 Å². The molecule has 96 valence electrons. The molecule has 17 heavy (non-hydrogen) atoms. The lowest BCUT2D eigenvalue weighted by atomic mass is 10.0. The fourth-order valence-electron chi connectivity index (χ4n) is 3.17. The topological polar surface area (TPSA) is 30.3 Å². The maximum atomic E-state index is 8.94. The molecule has 0 bridgehead atoms.